The van der Waals surface area contributed by atoms with Crippen LogP contribution in [0, 0.1) is 0 Å². The first-order valence-corrected chi connectivity index (χ1v) is 7.52. The lowest BCUT2D eigenvalue weighted by atomic mass is 10.1. The van der Waals surface area contributed by atoms with Gasteiger partial charge in [-0.1, -0.05) is 12.1 Å². The Labute approximate surface area is 113 Å². The SMILES string of the molecule is CC(C)(O)CNS(=O)(=O)CCOc1ccccc1N. The summed E-state index contributed by atoms with van der Waals surface area (Å²) in [6.07, 6.45) is 0. The Morgan fingerprint density at radius 3 is 2.58 bits per heavy atom. The second-order valence-electron chi connectivity index (χ2n) is 4.84. The van der Waals surface area contributed by atoms with Gasteiger partial charge in [0, 0.05) is 6.54 Å². The van der Waals surface area contributed by atoms with Gasteiger partial charge in [-0.3, -0.25) is 0 Å². The predicted octanol–water partition coefficient (Wildman–Crippen LogP) is 0.338. The van der Waals surface area contributed by atoms with Crippen molar-refractivity contribution in [2.75, 3.05) is 24.6 Å². The summed E-state index contributed by atoms with van der Waals surface area (Å²) in [7, 11) is -3.47. The van der Waals surface area contributed by atoms with Crippen molar-refractivity contribution in [1.29, 1.82) is 0 Å². The molecule has 0 saturated heterocycles. The van der Waals surface area contributed by atoms with E-state index in [2.05, 4.69) is 4.72 Å². The Kier molecular flexibility index (Phi) is 5.16. The monoisotopic (exact) mass is 288 g/mol. The fourth-order valence-electron chi connectivity index (χ4n) is 1.23. The summed E-state index contributed by atoms with van der Waals surface area (Å²) in [6.45, 7) is 3.01. The van der Waals surface area contributed by atoms with Gasteiger partial charge in [0.25, 0.3) is 0 Å². The normalized spacial score (nSPS) is 12.4. The van der Waals surface area contributed by atoms with Crippen LogP contribution in [0.25, 0.3) is 0 Å². The molecule has 108 valence electrons. The molecule has 0 heterocycles. The van der Waals surface area contributed by atoms with Crippen LogP contribution in [0.15, 0.2) is 24.3 Å². The van der Waals surface area contributed by atoms with Crippen LogP contribution < -0.4 is 15.2 Å². The van der Waals surface area contributed by atoms with E-state index in [0.29, 0.717) is 11.4 Å². The van der Waals surface area contributed by atoms with Gasteiger partial charge < -0.3 is 15.6 Å². The van der Waals surface area contributed by atoms with Crippen LogP contribution in [0.3, 0.4) is 0 Å². The van der Waals surface area contributed by atoms with E-state index in [-0.39, 0.29) is 18.9 Å². The summed E-state index contributed by atoms with van der Waals surface area (Å²) < 4.78 is 30.8. The zero-order valence-electron chi connectivity index (χ0n) is 11.1. The number of hydrogen-bond acceptors (Lipinski definition) is 5. The number of nitrogens with one attached hydrogen (secondary N) is 1. The van der Waals surface area contributed by atoms with Crippen molar-refractivity contribution in [1.82, 2.24) is 4.72 Å². The Morgan fingerprint density at radius 2 is 2.00 bits per heavy atom. The van der Waals surface area contributed by atoms with Crippen LogP contribution in [-0.4, -0.2) is 38.0 Å². The highest BCUT2D eigenvalue weighted by Gasteiger charge is 2.17. The summed E-state index contributed by atoms with van der Waals surface area (Å²) >= 11 is 0. The number of nitrogens with two attached hydrogens (primary N) is 1. The Hall–Kier alpha value is -1.31. The molecule has 0 spiro atoms. The van der Waals surface area contributed by atoms with E-state index in [0.717, 1.165) is 0 Å². The number of para-hydroxylation sites is 2. The van der Waals surface area contributed by atoms with Crippen LogP contribution in [0.5, 0.6) is 5.75 Å². The van der Waals surface area contributed by atoms with Crippen molar-refractivity contribution < 1.29 is 18.3 Å². The van der Waals surface area contributed by atoms with Crippen molar-refractivity contribution in [2.45, 2.75) is 19.4 Å². The largest absolute Gasteiger partial charge is 0.490 e. The Bertz CT molecular complexity index is 509. The van der Waals surface area contributed by atoms with Crippen LogP contribution in [0.4, 0.5) is 5.69 Å². The minimum atomic E-state index is -3.47. The molecule has 0 amide bonds. The number of hydrogen-bond donors (Lipinski definition) is 3. The lowest BCUT2D eigenvalue weighted by Crippen LogP contribution is -2.40. The fraction of sp³-hybridized carbons (Fsp3) is 0.500. The van der Waals surface area contributed by atoms with Crippen molar-refractivity contribution in [2.24, 2.45) is 0 Å². The van der Waals surface area contributed by atoms with Crippen molar-refractivity contribution in [3.63, 3.8) is 0 Å². The maximum absolute atomic E-state index is 11.6. The molecular formula is C12H20N2O4S. The third-order valence-corrected chi connectivity index (χ3v) is 3.54. The van der Waals surface area contributed by atoms with Crippen LogP contribution in [0.1, 0.15) is 13.8 Å². The third-order valence-electron chi connectivity index (χ3n) is 2.25. The molecule has 0 atom stereocenters. The highest BCUT2D eigenvalue weighted by Crippen LogP contribution is 2.19. The number of benzene rings is 1. The van der Waals surface area contributed by atoms with Crippen LogP contribution in [-0.2, 0) is 10.0 Å². The standard InChI is InChI=1S/C12H20N2O4S/c1-12(2,15)9-14-19(16,17)8-7-18-11-6-4-3-5-10(11)13/h3-6,14-15H,7-9,13H2,1-2H3. The van der Waals surface area contributed by atoms with E-state index < -0.39 is 15.6 Å². The van der Waals surface area contributed by atoms with E-state index in [1.165, 1.54) is 13.8 Å². The van der Waals surface area contributed by atoms with Gasteiger partial charge in [-0.2, -0.15) is 0 Å². The number of rotatable bonds is 7. The molecule has 0 fully saturated rings. The van der Waals surface area contributed by atoms with Crippen LogP contribution >= 0.6 is 0 Å². The highest BCUT2D eigenvalue weighted by atomic mass is 32.2. The summed E-state index contributed by atoms with van der Waals surface area (Å²) in [4.78, 5) is 0. The van der Waals surface area contributed by atoms with Gasteiger partial charge >= 0.3 is 0 Å². The molecule has 0 aliphatic rings. The Morgan fingerprint density at radius 1 is 1.37 bits per heavy atom. The molecule has 0 aromatic heterocycles. The first-order chi connectivity index (χ1) is 8.70. The topological polar surface area (TPSA) is 102 Å². The zero-order chi connectivity index (χ0) is 14.5. The van der Waals surface area contributed by atoms with E-state index in [1.807, 2.05) is 0 Å². The van der Waals surface area contributed by atoms with E-state index >= 15 is 0 Å². The van der Waals surface area contributed by atoms with Crippen molar-refractivity contribution >= 4 is 15.7 Å². The summed E-state index contributed by atoms with van der Waals surface area (Å²) in [6, 6.07) is 6.87. The number of ether oxygens (including phenoxy) is 1. The molecule has 19 heavy (non-hydrogen) atoms. The predicted molar refractivity (Wildman–Crippen MR) is 74.4 cm³/mol. The number of anilines is 1. The average Bonchev–Trinajstić information content (AvgIpc) is 2.28. The fourth-order valence-corrected chi connectivity index (χ4v) is 2.25. The molecule has 6 nitrogen and oxygen atoms in total. The minimum absolute atomic E-state index is 0.00456. The maximum Gasteiger partial charge on any atom is 0.215 e. The smallest absolute Gasteiger partial charge is 0.215 e. The number of nitrogen functional groups attached to an aromatic ring is 1. The summed E-state index contributed by atoms with van der Waals surface area (Å²) in [5, 5.41) is 9.45. The first-order valence-electron chi connectivity index (χ1n) is 5.87. The molecule has 1 aromatic rings. The van der Waals surface area contributed by atoms with Crippen molar-refractivity contribution in [3.05, 3.63) is 24.3 Å². The van der Waals surface area contributed by atoms with E-state index in [4.69, 9.17) is 10.5 Å². The molecule has 0 bridgehead atoms. The quantitative estimate of drug-likeness (QED) is 0.628. The second-order valence-corrected chi connectivity index (χ2v) is 6.77. The lowest BCUT2D eigenvalue weighted by molar-refractivity contribution is 0.0857. The Balaban J connectivity index is 2.42. The number of sulfonamides is 1. The molecule has 1 rings (SSSR count). The average molecular weight is 288 g/mol. The van der Waals surface area contributed by atoms with Crippen LogP contribution in [0.2, 0.25) is 0 Å². The van der Waals surface area contributed by atoms with Gasteiger partial charge in [-0.25, -0.2) is 13.1 Å². The third kappa shape index (κ3) is 6.42. The minimum Gasteiger partial charge on any atom is -0.490 e. The molecule has 0 aliphatic carbocycles. The van der Waals surface area contributed by atoms with Gasteiger partial charge in [0.05, 0.1) is 17.0 Å². The van der Waals surface area contributed by atoms with E-state index in [1.54, 1.807) is 24.3 Å². The van der Waals surface area contributed by atoms with Gasteiger partial charge in [0.1, 0.15) is 12.4 Å². The first kappa shape index (κ1) is 15.7. The van der Waals surface area contributed by atoms with Gasteiger partial charge in [-0.15, -0.1) is 0 Å². The van der Waals surface area contributed by atoms with E-state index in [9.17, 15) is 13.5 Å². The molecule has 0 radical (unpaired) electrons. The summed E-state index contributed by atoms with van der Waals surface area (Å²) in [5.41, 5.74) is 5.04. The molecule has 4 N–H and O–H groups in total. The molecule has 7 heteroatoms. The molecule has 0 saturated carbocycles. The molecule has 1 aromatic carbocycles. The number of aliphatic hydroxyl groups is 1. The molecule has 0 aliphatic heterocycles. The molecule has 0 unspecified atom stereocenters. The van der Waals surface area contributed by atoms with Gasteiger partial charge in [-0.05, 0) is 26.0 Å². The zero-order valence-corrected chi connectivity index (χ0v) is 11.9. The van der Waals surface area contributed by atoms with Gasteiger partial charge in [0.15, 0.2) is 0 Å². The second kappa shape index (κ2) is 6.23. The maximum atomic E-state index is 11.6. The van der Waals surface area contributed by atoms with Crippen molar-refractivity contribution in [3.8, 4) is 5.75 Å². The highest BCUT2D eigenvalue weighted by molar-refractivity contribution is 7.89. The lowest BCUT2D eigenvalue weighted by Gasteiger charge is -2.17. The van der Waals surface area contributed by atoms with Gasteiger partial charge in [0.2, 0.25) is 10.0 Å². The molecular weight excluding hydrogens is 268 g/mol. The summed E-state index contributed by atoms with van der Waals surface area (Å²) in [5.74, 6) is 0.261.